The Balaban J connectivity index is 1.60. The smallest absolute Gasteiger partial charge is 0.229 e. The van der Waals surface area contributed by atoms with Crippen molar-refractivity contribution in [3.63, 3.8) is 0 Å². The molecule has 0 aromatic heterocycles. The van der Waals surface area contributed by atoms with Crippen molar-refractivity contribution in [2.24, 2.45) is 17.6 Å². The lowest BCUT2D eigenvalue weighted by molar-refractivity contribution is -0.121. The van der Waals surface area contributed by atoms with Crippen LogP contribution in [0.4, 0.5) is 11.4 Å². The van der Waals surface area contributed by atoms with Gasteiger partial charge in [-0.15, -0.1) is 0 Å². The van der Waals surface area contributed by atoms with E-state index in [9.17, 15) is 9.59 Å². The number of anilines is 2. The third-order valence-electron chi connectivity index (χ3n) is 5.51. The first kappa shape index (κ1) is 20.1. The van der Waals surface area contributed by atoms with Gasteiger partial charge in [-0.2, -0.15) is 0 Å². The second-order valence-corrected chi connectivity index (χ2v) is 7.62. The van der Waals surface area contributed by atoms with Gasteiger partial charge in [0.2, 0.25) is 11.8 Å². The van der Waals surface area contributed by atoms with Crippen molar-refractivity contribution < 1.29 is 9.59 Å². The van der Waals surface area contributed by atoms with Gasteiger partial charge in [-0.3, -0.25) is 9.59 Å². The predicted octanol–water partition coefficient (Wildman–Crippen LogP) is 4.48. The van der Waals surface area contributed by atoms with Crippen LogP contribution in [0.5, 0.6) is 0 Å². The van der Waals surface area contributed by atoms with Gasteiger partial charge in [0, 0.05) is 23.3 Å². The summed E-state index contributed by atoms with van der Waals surface area (Å²) in [5.41, 5.74) is 8.54. The molecular formula is C23H29N3O2. The molecule has 2 aromatic rings. The van der Waals surface area contributed by atoms with Crippen molar-refractivity contribution in [2.75, 3.05) is 10.6 Å². The zero-order valence-corrected chi connectivity index (χ0v) is 16.4. The fraction of sp³-hybridized carbons (Fsp3) is 0.391. The molecule has 3 rings (SSSR count). The van der Waals surface area contributed by atoms with Gasteiger partial charge in [-0.05, 0) is 36.6 Å². The highest BCUT2D eigenvalue weighted by atomic mass is 16.2. The summed E-state index contributed by atoms with van der Waals surface area (Å²) in [7, 11) is 0. The van der Waals surface area contributed by atoms with Crippen LogP contribution in [-0.4, -0.2) is 11.8 Å². The average Bonchev–Trinajstić information content (AvgIpc) is 2.74. The van der Waals surface area contributed by atoms with E-state index in [1.165, 1.54) is 6.42 Å². The SMILES string of the molecule is CC(C(=O)Nc1cccc(NC(=O)C2CCCCC2)c1)C(N)c1ccccc1. The van der Waals surface area contributed by atoms with Gasteiger partial charge in [-0.1, -0.05) is 62.6 Å². The maximum atomic E-state index is 12.6. The molecule has 0 heterocycles. The third kappa shape index (κ3) is 5.20. The topological polar surface area (TPSA) is 84.2 Å². The zero-order chi connectivity index (χ0) is 19.9. The van der Waals surface area contributed by atoms with E-state index < -0.39 is 0 Å². The van der Waals surface area contributed by atoms with Crippen molar-refractivity contribution in [2.45, 2.75) is 45.1 Å². The third-order valence-corrected chi connectivity index (χ3v) is 5.51. The molecule has 2 amide bonds. The van der Waals surface area contributed by atoms with Crippen LogP contribution in [0.15, 0.2) is 54.6 Å². The molecule has 2 aromatic carbocycles. The number of nitrogens with two attached hydrogens (primary N) is 1. The van der Waals surface area contributed by atoms with Crippen LogP contribution in [0.25, 0.3) is 0 Å². The molecular weight excluding hydrogens is 350 g/mol. The number of rotatable bonds is 6. The minimum absolute atomic E-state index is 0.0719. The number of amides is 2. The Hall–Kier alpha value is -2.66. The van der Waals surface area contributed by atoms with Gasteiger partial charge in [-0.25, -0.2) is 0 Å². The Morgan fingerprint density at radius 2 is 1.57 bits per heavy atom. The quantitative estimate of drug-likeness (QED) is 0.692. The van der Waals surface area contributed by atoms with Crippen molar-refractivity contribution in [3.8, 4) is 0 Å². The van der Waals surface area contributed by atoms with Gasteiger partial charge in [0.05, 0.1) is 5.92 Å². The molecule has 0 saturated heterocycles. The summed E-state index contributed by atoms with van der Waals surface area (Å²) in [4.78, 5) is 25.1. The fourth-order valence-electron chi connectivity index (χ4n) is 3.67. The van der Waals surface area contributed by atoms with E-state index >= 15 is 0 Å². The lowest BCUT2D eigenvalue weighted by atomic mass is 9.88. The molecule has 4 N–H and O–H groups in total. The summed E-state index contributed by atoms with van der Waals surface area (Å²) >= 11 is 0. The summed E-state index contributed by atoms with van der Waals surface area (Å²) < 4.78 is 0. The average molecular weight is 380 g/mol. The number of carbonyl (C=O) groups excluding carboxylic acids is 2. The zero-order valence-electron chi connectivity index (χ0n) is 16.4. The van der Waals surface area contributed by atoms with Crippen molar-refractivity contribution in [1.29, 1.82) is 0 Å². The van der Waals surface area contributed by atoms with Gasteiger partial charge in [0.15, 0.2) is 0 Å². The first-order valence-electron chi connectivity index (χ1n) is 10.1. The Bertz CT molecular complexity index is 801. The lowest BCUT2D eigenvalue weighted by Gasteiger charge is -2.21. The Morgan fingerprint density at radius 3 is 2.25 bits per heavy atom. The van der Waals surface area contributed by atoms with Crippen molar-refractivity contribution >= 4 is 23.2 Å². The summed E-state index contributed by atoms with van der Waals surface area (Å²) in [6.45, 7) is 1.82. The predicted molar refractivity (Wildman–Crippen MR) is 113 cm³/mol. The molecule has 2 atom stereocenters. The fourth-order valence-corrected chi connectivity index (χ4v) is 3.67. The van der Waals surface area contributed by atoms with E-state index in [1.807, 2.05) is 55.5 Å². The molecule has 148 valence electrons. The Morgan fingerprint density at radius 1 is 0.929 bits per heavy atom. The lowest BCUT2D eigenvalue weighted by Crippen LogP contribution is -2.30. The molecule has 1 fully saturated rings. The van der Waals surface area contributed by atoms with Crippen LogP contribution in [0.1, 0.15) is 50.6 Å². The second kappa shape index (κ2) is 9.51. The van der Waals surface area contributed by atoms with Crippen molar-refractivity contribution in [3.05, 3.63) is 60.2 Å². The summed E-state index contributed by atoms with van der Waals surface area (Å²) in [5, 5.41) is 5.90. The van der Waals surface area contributed by atoms with E-state index in [0.717, 1.165) is 31.2 Å². The number of benzene rings is 2. The van der Waals surface area contributed by atoms with Crippen LogP contribution in [-0.2, 0) is 9.59 Å². The highest BCUT2D eigenvalue weighted by Crippen LogP contribution is 2.26. The molecule has 2 unspecified atom stereocenters. The van der Waals surface area contributed by atoms with E-state index in [1.54, 1.807) is 6.07 Å². The number of nitrogens with one attached hydrogen (secondary N) is 2. The molecule has 5 heteroatoms. The van der Waals surface area contributed by atoms with E-state index in [2.05, 4.69) is 10.6 Å². The van der Waals surface area contributed by atoms with Crippen LogP contribution < -0.4 is 16.4 Å². The number of carbonyl (C=O) groups is 2. The second-order valence-electron chi connectivity index (χ2n) is 7.62. The summed E-state index contributed by atoms with van der Waals surface area (Å²) in [5.74, 6) is -0.367. The summed E-state index contributed by atoms with van der Waals surface area (Å²) in [6.07, 6.45) is 5.37. The van der Waals surface area contributed by atoms with Gasteiger partial charge in [0.1, 0.15) is 0 Å². The highest BCUT2D eigenvalue weighted by molar-refractivity contribution is 5.95. The molecule has 1 saturated carbocycles. The largest absolute Gasteiger partial charge is 0.326 e. The normalized spacial score (nSPS) is 16.8. The first-order valence-corrected chi connectivity index (χ1v) is 10.1. The van der Waals surface area contributed by atoms with E-state index in [-0.39, 0.29) is 29.7 Å². The summed E-state index contributed by atoms with van der Waals surface area (Å²) in [6, 6.07) is 16.5. The maximum absolute atomic E-state index is 12.6. The molecule has 0 spiro atoms. The molecule has 1 aliphatic rings. The monoisotopic (exact) mass is 379 g/mol. The maximum Gasteiger partial charge on any atom is 0.229 e. The van der Waals surface area contributed by atoms with E-state index in [0.29, 0.717) is 11.4 Å². The minimum atomic E-state index is -0.386. The number of hydrogen-bond donors (Lipinski definition) is 3. The molecule has 1 aliphatic carbocycles. The Labute approximate surface area is 166 Å². The van der Waals surface area contributed by atoms with Crippen molar-refractivity contribution in [1.82, 2.24) is 0 Å². The molecule has 5 nitrogen and oxygen atoms in total. The molecule has 0 radical (unpaired) electrons. The van der Waals surface area contributed by atoms with Crippen LogP contribution in [0, 0.1) is 11.8 Å². The number of hydrogen-bond acceptors (Lipinski definition) is 3. The van der Waals surface area contributed by atoms with Crippen LogP contribution in [0.2, 0.25) is 0 Å². The highest BCUT2D eigenvalue weighted by Gasteiger charge is 2.23. The van der Waals surface area contributed by atoms with Crippen LogP contribution in [0.3, 0.4) is 0 Å². The van der Waals surface area contributed by atoms with E-state index in [4.69, 9.17) is 5.73 Å². The standard InChI is InChI=1S/C23H29N3O2/c1-16(21(24)17-9-4-2-5-10-17)22(27)25-19-13-8-14-20(15-19)26-23(28)18-11-6-3-7-12-18/h2,4-5,8-10,13-16,18,21H,3,6-7,11-12,24H2,1H3,(H,25,27)(H,26,28). The first-order chi connectivity index (χ1) is 13.5. The Kier molecular flexibility index (Phi) is 6.82. The molecule has 0 aliphatic heterocycles. The van der Waals surface area contributed by atoms with Gasteiger partial charge < -0.3 is 16.4 Å². The van der Waals surface area contributed by atoms with Gasteiger partial charge >= 0.3 is 0 Å². The minimum Gasteiger partial charge on any atom is -0.326 e. The molecule has 28 heavy (non-hydrogen) atoms. The molecule has 0 bridgehead atoms. The van der Waals surface area contributed by atoms with Crippen LogP contribution >= 0.6 is 0 Å². The van der Waals surface area contributed by atoms with Gasteiger partial charge in [0.25, 0.3) is 0 Å².